The van der Waals surface area contributed by atoms with Crippen molar-refractivity contribution in [1.29, 1.82) is 5.41 Å². The Morgan fingerprint density at radius 3 is 2.31 bits per heavy atom. The van der Waals surface area contributed by atoms with E-state index in [1.54, 1.807) is 0 Å². The van der Waals surface area contributed by atoms with Crippen LogP contribution in [0.5, 0.6) is 0 Å². The molecule has 1 aromatic rings. The molecule has 5 atom stereocenters. The maximum Gasteiger partial charge on any atom is 2.00 e. The molecule has 1 aliphatic carbocycles. The van der Waals surface area contributed by atoms with E-state index in [0.29, 0.717) is 17.5 Å². The largest absolute Gasteiger partial charge is 2.00 e. The maximum absolute atomic E-state index is 10.5. The molecule has 1 amide bonds. The van der Waals surface area contributed by atoms with Crippen molar-refractivity contribution in [3.05, 3.63) is 42.7 Å². The van der Waals surface area contributed by atoms with Gasteiger partial charge in [-0.1, -0.05) is 52.0 Å². The molecular weight excluding hydrogens is 670 g/mol. The Morgan fingerprint density at radius 2 is 1.81 bits per heavy atom. The average molecular weight is 721 g/mol. The fraction of sp³-hybridized carbons (Fsp3) is 0.700. The van der Waals surface area contributed by atoms with Crippen molar-refractivity contribution < 1.29 is 35.9 Å². The smallest absolute Gasteiger partial charge is 0.356 e. The summed E-state index contributed by atoms with van der Waals surface area (Å²) in [5.74, 6) is 4.48. The number of carbonyl (C=O) groups excluding carboxylic acids is 1. The van der Waals surface area contributed by atoms with Crippen molar-refractivity contribution in [2.75, 3.05) is 6.54 Å². The summed E-state index contributed by atoms with van der Waals surface area (Å²) < 4.78 is 0. The Kier molecular flexibility index (Phi) is 14.9. The molecule has 2 aliphatic rings. The minimum Gasteiger partial charge on any atom is -0.356 e. The van der Waals surface area contributed by atoms with Crippen molar-refractivity contribution in [2.45, 2.75) is 105 Å². The van der Waals surface area contributed by atoms with Crippen molar-refractivity contribution >= 4 is 11.6 Å². The molecule has 200 valence electrons. The fourth-order valence-electron chi connectivity index (χ4n) is 5.64. The number of hydrogen-bond acceptors (Lipinski definition) is 3. The number of hydrogen-bond donors (Lipinski definition) is 3. The van der Waals surface area contributed by atoms with E-state index in [0.717, 1.165) is 55.5 Å². The number of nitrogens with zero attached hydrogens (tertiary/aromatic N) is 1. The molecule has 3 rings (SSSR count). The Labute approximate surface area is 244 Å². The Hall–Kier alpha value is -0.858. The second kappa shape index (κ2) is 16.2. The first kappa shape index (κ1) is 33.2. The molecule has 1 saturated heterocycles. The molecule has 1 saturated carbocycles. The molecule has 2 heterocycles. The zero-order valence-electron chi connectivity index (χ0n) is 23.7. The molecule has 3 N–H and O–H groups in total. The van der Waals surface area contributed by atoms with E-state index >= 15 is 0 Å². The molecule has 36 heavy (non-hydrogen) atoms. The first-order valence-corrected chi connectivity index (χ1v) is 13.7. The van der Waals surface area contributed by atoms with Gasteiger partial charge in [0.1, 0.15) is 5.82 Å². The van der Waals surface area contributed by atoms with Crippen LogP contribution in [-0.2, 0) is 4.79 Å². The minimum atomic E-state index is 0. The first-order chi connectivity index (χ1) is 16.6. The predicted molar refractivity (Wildman–Crippen MR) is 147 cm³/mol. The number of rotatable bonds is 8. The van der Waals surface area contributed by atoms with Crippen LogP contribution in [0.2, 0.25) is 0 Å². The Bertz CT molecular complexity index is 847. The van der Waals surface area contributed by atoms with Crippen molar-refractivity contribution in [1.82, 2.24) is 15.3 Å². The summed E-state index contributed by atoms with van der Waals surface area (Å²) in [6.07, 6.45) is 10.8. The minimum absolute atomic E-state index is 0. The van der Waals surface area contributed by atoms with Crippen molar-refractivity contribution in [3.63, 3.8) is 0 Å². The number of carbonyl (C=O) groups is 1. The number of amides is 1. The summed E-state index contributed by atoms with van der Waals surface area (Å²) >= 11 is 0. The molecule has 0 spiro atoms. The van der Waals surface area contributed by atoms with Gasteiger partial charge in [-0.15, -0.1) is 0 Å². The van der Waals surface area contributed by atoms with E-state index in [4.69, 9.17) is 10.4 Å². The second-order valence-corrected chi connectivity index (χ2v) is 11.2. The van der Waals surface area contributed by atoms with Crippen molar-refractivity contribution in [2.24, 2.45) is 23.7 Å². The third-order valence-corrected chi connectivity index (χ3v) is 8.30. The summed E-state index contributed by atoms with van der Waals surface area (Å²) in [6.45, 7) is 22.1. The molecule has 0 radical (unpaired) electrons. The third-order valence-electron chi connectivity index (χ3n) is 8.30. The van der Waals surface area contributed by atoms with Crippen LogP contribution in [0.4, 0.5) is 0 Å². The van der Waals surface area contributed by atoms with Gasteiger partial charge in [0.2, 0.25) is 5.91 Å². The van der Waals surface area contributed by atoms with E-state index in [-0.39, 0.29) is 48.9 Å². The van der Waals surface area contributed by atoms with Gasteiger partial charge in [0.25, 0.3) is 0 Å². The van der Waals surface area contributed by atoms with E-state index in [1.807, 2.05) is 13.1 Å². The number of H-pyrrole nitrogens is 1. The van der Waals surface area contributed by atoms with Gasteiger partial charge in [-0.2, -0.15) is 12.8 Å². The van der Waals surface area contributed by atoms with Gasteiger partial charge in [-0.3, -0.25) is 4.79 Å². The number of aromatic nitrogens is 2. The molecule has 0 bridgehead atoms. The van der Waals surface area contributed by atoms with Gasteiger partial charge < -0.3 is 29.6 Å². The van der Waals surface area contributed by atoms with Crippen LogP contribution < -0.4 is 5.32 Å². The number of aromatic amines is 1. The summed E-state index contributed by atoms with van der Waals surface area (Å²) in [7, 11) is 0. The zero-order valence-corrected chi connectivity index (χ0v) is 27.8. The molecule has 5 nitrogen and oxygen atoms in total. The molecule has 2 fully saturated rings. The van der Waals surface area contributed by atoms with E-state index < -0.39 is 0 Å². The van der Waals surface area contributed by atoms with Crippen LogP contribution in [0, 0.1) is 74.0 Å². The standard InChI is InChI=1S/C24H39N3.C6H11NO.U/c1-8-20(9-2)23(19(7)25)16(4)17(5)24-26-14-22(27-24)18(6)21-12-10-11-15(3)13-21;1-5-2-3-6(8)7-4-5;/h14-15,17-18,20-21,25H,1-2,8-13H2,3-7H3,(H,26,27);5H,2-4H2,1H3,(H,7,8);/q-2;;+2/b23-16+,25-19?;;. The molecular formula is C30H50N4OU. The van der Waals surface area contributed by atoms with Crippen LogP contribution in [0.15, 0.2) is 17.3 Å². The summed E-state index contributed by atoms with van der Waals surface area (Å²) in [4.78, 5) is 18.9. The van der Waals surface area contributed by atoms with Crippen molar-refractivity contribution in [3.8, 4) is 0 Å². The SMILES string of the molecule is CC1CCC(=O)NC1.[CH2-]CC(C[CH2-])/C(C(C)=N)=C(\C)C(C)c1ncc(C(C)C2CCCC(C)C2)[nH]1.[U+2]. The van der Waals surface area contributed by atoms with Crippen LogP contribution >= 0.6 is 0 Å². The van der Waals surface area contributed by atoms with E-state index in [1.165, 1.54) is 37.0 Å². The summed E-state index contributed by atoms with van der Waals surface area (Å²) in [5.41, 5.74) is 4.23. The second-order valence-electron chi connectivity index (χ2n) is 11.2. The Morgan fingerprint density at radius 1 is 1.14 bits per heavy atom. The molecule has 5 unspecified atom stereocenters. The van der Waals surface area contributed by atoms with Gasteiger partial charge in [0.15, 0.2) is 0 Å². The number of imidazole rings is 1. The van der Waals surface area contributed by atoms with Gasteiger partial charge in [-0.05, 0) is 56.4 Å². The Balaban J connectivity index is 0.000000611. The fourth-order valence-corrected chi connectivity index (χ4v) is 5.64. The maximum atomic E-state index is 10.5. The summed E-state index contributed by atoms with van der Waals surface area (Å²) in [6, 6.07) is 0. The normalized spacial score (nSPS) is 24.5. The van der Waals surface area contributed by atoms with E-state index in [9.17, 15) is 4.79 Å². The van der Waals surface area contributed by atoms with E-state index in [2.05, 4.69) is 58.8 Å². The number of nitrogens with one attached hydrogen (secondary N) is 3. The number of piperidine rings is 1. The topological polar surface area (TPSA) is 81.6 Å². The first-order valence-electron chi connectivity index (χ1n) is 13.7. The van der Waals surface area contributed by atoms with Gasteiger partial charge in [0.05, 0.1) is 0 Å². The van der Waals surface area contributed by atoms with Crippen LogP contribution in [0.25, 0.3) is 0 Å². The zero-order chi connectivity index (χ0) is 26.1. The van der Waals surface area contributed by atoms with Crippen LogP contribution in [0.1, 0.15) is 116 Å². The molecule has 6 heteroatoms. The van der Waals surface area contributed by atoms with Crippen LogP contribution in [0.3, 0.4) is 0 Å². The van der Waals surface area contributed by atoms with Gasteiger partial charge in [0, 0.05) is 42.4 Å². The number of allylic oxidation sites excluding steroid dienone is 2. The summed E-state index contributed by atoms with van der Waals surface area (Å²) in [5, 5.41) is 11.0. The third kappa shape index (κ3) is 9.47. The molecule has 1 aliphatic heterocycles. The molecule has 0 aromatic carbocycles. The predicted octanol–water partition coefficient (Wildman–Crippen LogP) is 7.40. The average Bonchev–Trinajstić information content (AvgIpc) is 3.33. The van der Waals surface area contributed by atoms with Gasteiger partial charge in [-0.25, -0.2) is 4.98 Å². The van der Waals surface area contributed by atoms with Crippen LogP contribution in [-0.4, -0.2) is 28.1 Å². The van der Waals surface area contributed by atoms with Gasteiger partial charge >= 0.3 is 31.1 Å². The quantitative estimate of drug-likeness (QED) is 0.193. The molecule has 1 aromatic heterocycles. The monoisotopic (exact) mass is 720 g/mol.